The Morgan fingerprint density at radius 1 is 1.24 bits per heavy atom. The van der Waals surface area contributed by atoms with Crippen molar-refractivity contribution in [2.75, 3.05) is 48.8 Å². The fourth-order valence-corrected chi connectivity index (χ4v) is 2.24. The first-order valence-electron chi connectivity index (χ1n) is 6.13. The monoisotopic (exact) mass is 343 g/mol. The molecule has 0 unspecified atom stereocenters. The van der Waals surface area contributed by atoms with Crippen molar-refractivity contribution in [2.45, 2.75) is 5.51 Å². The van der Waals surface area contributed by atoms with Crippen LogP contribution in [0.3, 0.4) is 0 Å². The van der Waals surface area contributed by atoms with Gasteiger partial charge in [-0.15, -0.1) is 0 Å². The van der Waals surface area contributed by atoms with Crippen molar-refractivity contribution in [3.8, 4) is 0 Å². The molecule has 2 rings (SSSR count). The Hall–Kier alpha value is -1.00. The van der Waals surface area contributed by atoms with E-state index in [1.165, 1.54) is 0 Å². The highest BCUT2D eigenvalue weighted by molar-refractivity contribution is 8.00. The van der Waals surface area contributed by atoms with Crippen molar-refractivity contribution in [3.05, 3.63) is 5.28 Å². The summed E-state index contributed by atoms with van der Waals surface area (Å²) in [4.78, 5) is 13.9. The van der Waals surface area contributed by atoms with E-state index in [0.717, 1.165) is 0 Å². The molecule has 0 amide bonds. The number of nitrogens with zero attached hydrogens (tertiary/aromatic N) is 4. The number of hydrogen-bond acceptors (Lipinski definition) is 7. The van der Waals surface area contributed by atoms with E-state index < -0.39 is 5.51 Å². The molecule has 0 bridgehead atoms. The van der Waals surface area contributed by atoms with Gasteiger partial charge in [-0.2, -0.15) is 28.1 Å². The maximum absolute atomic E-state index is 12.0. The van der Waals surface area contributed by atoms with Crippen LogP contribution in [0, 0.1) is 0 Å². The molecule has 0 spiro atoms. The predicted octanol–water partition coefficient (Wildman–Crippen LogP) is 2.03. The van der Waals surface area contributed by atoms with E-state index >= 15 is 0 Å². The summed E-state index contributed by atoms with van der Waals surface area (Å²) in [6.07, 6.45) is 0. The van der Waals surface area contributed by atoms with Crippen molar-refractivity contribution >= 4 is 35.3 Å². The molecule has 0 saturated carbocycles. The molecule has 6 nitrogen and oxygen atoms in total. The van der Waals surface area contributed by atoms with E-state index in [0.29, 0.717) is 32.3 Å². The van der Waals surface area contributed by atoms with Crippen molar-refractivity contribution in [1.82, 2.24) is 15.0 Å². The summed E-state index contributed by atoms with van der Waals surface area (Å²) in [7, 11) is 0. The summed E-state index contributed by atoms with van der Waals surface area (Å²) in [5.74, 6) is 0.420. The number of thioether (sulfide) groups is 1. The van der Waals surface area contributed by atoms with Crippen molar-refractivity contribution < 1.29 is 17.9 Å². The van der Waals surface area contributed by atoms with Crippen molar-refractivity contribution in [3.63, 3.8) is 0 Å². The third kappa shape index (κ3) is 5.71. The predicted molar refractivity (Wildman–Crippen MR) is 74.9 cm³/mol. The van der Waals surface area contributed by atoms with Gasteiger partial charge in [-0.3, -0.25) is 0 Å². The molecule has 1 aliphatic heterocycles. The Balaban J connectivity index is 1.92. The fraction of sp³-hybridized carbons (Fsp3) is 0.700. The third-order valence-electron chi connectivity index (χ3n) is 2.54. The number of ether oxygens (including phenoxy) is 1. The first-order chi connectivity index (χ1) is 9.94. The van der Waals surface area contributed by atoms with E-state index in [9.17, 15) is 13.2 Å². The van der Waals surface area contributed by atoms with Gasteiger partial charge in [-0.1, -0.05) is 0 Å². The second kappa shape index (κ2) is 7.32. The van der Waals surface area contributed by atoms with E-state index in [-0.39, 0.29) is 35.3 Å². The van der Waals surface area contributed by atoms with Gasteiger partial charge in [0.15, 0.2) is 0 Å². The van der Waals surface area contributed by atoms with Crippen LogP contribution >= 0.6 is 23.4 Å². The van der Waals surface area contributed by atoms with E-state index in [4.69, 9.17) is 16.3 Å². The van der Waals surface area contributed by atoms with Gasteiger partial charge >= 0.3 is 5.51 Å². The SMILES string of the molecule is FC(F)(F)SCCNc1nc(Cl)nc(N2CCOCC2)n1. The maximum Gasteiger partial charge on any atom is 0.441 e. The van der Waals surface area contributed by atoms with Crippen molar-refractivity contribution in [2.24, 2.45) is 0 Å². The standard InChI is InChI=1S/C10H13ClF3N5OS/c11-7-16-8(15-1-6-21-10(12,13)14)18-9(17-7)19-2-4-20-5-3-19/h1-6H2,(H,15,16,17,18). The van der Waals surface area contributed by atoms with Crippen LogP contribution in [0.4, 0.5) is 25.1 Å². The molecular formula is C10H13ClF3N5OS. The molecule has 1 aromatic heterocycles. The molecule has 2 heterocycles. The molecule has 1 aliphatic rings. The van der Waals surface area contributed by atoms with E-state index in [1.807, 2.05) is 4.90 Å². The summed E-state index contributed by atoms with van der Waals surface area (Å²) >= 11 is 5.70. The molecule has 21 heavy (non-hydrogen) atoms. The molecule has 118 valence electrons. The first-order valence-corrected chi connectivity index (χ1v) is 7.49. The number of nitrogens with one attached hydrogen (secondary N) is 1. The lowest BCUT2D eigenvalue weighted by molar-refractivity contribution is -0.0327. The molecule has 0 aromatic carbocycles. The summed E-state index contributed by atoms with van der Waals surface area (Å²) in [5.41, 5.74) is -4.24. The quantitative estimate of drug-likeness (QED) is 0.821. The number of alkyl halides is 3. The molecule has 1 aromatic rings. The lowest BCUT2D eigenvalue weighted by Crippen LogP contribution is -2.37. The van der Waals surface area contributed by atoms with Crippen LogP contribution in [0.5, 0.6) is 0 Å². The van der Waals surface area contributed by atoms with Crippen LogP contribution in [-0.4, -0.2) is 59.1 Å². The Kier molecular flexibility index (Phi) is 5.71. The third-order valence-corrected chi connectivity index (χ3v) is 3.45. The fourth-order valence-electron chi connectivity index (χ4n) is 1.65. The van der Waals surface area contributed by atoms with Gasteiger partial charge in [-0.05, 0) is 23.4 Å². The summed E-state index contributed by atoms with van der Waals surface area (Å²) in [6, 6.07) is 0. The number of halogens is 4. The van der Waals surface area contributed by atoms with Gasteiger partial charge in [0.25, 0.3) is 0 Å². The smallest absolute Gasteiger partial charge is 0.378 e. The average Bonchev–Trinajstić information content (AvgIpc) is 2.43. The Bertz CT molecular complexity index is 472. The van der Waals surface area contributed by atoms with Crippen LogP contribution in [0.2, 0.25) is 5.28 Å². The average molecular weight is 344 g/mol. The Morgan fingerprint density at radius 2 is 1.95 bits per heavy atom. The minimum absolute atomic E-state index is 0.00235. The lowest BCUT2D eigenvalue weighted by atomic mass is 10.4. The highest BCUT2D eigenvalue weighted by atomic mass is 35.5. The zero-order valence-corrected chi connectivity index (χ0v) is 12.4. The van der Waals surface area contributed by atoms with Crippen LogP contribution in [0.1, 0.15) is 0 Å². The maximum atomic E-state index is 12.0. The van der Waals surface area contributed by atoms with Gasteiger partial charge in [0.2, 0.25) is 17.2 Å². The normalized spacial score (nSPS) is 16.1. The number of anilines is 2. The van der Waals surface area contributed by atoms with E-state index in [2.05, 4.69) is 20.3 Å². The zero-order chi connectivity index (χ0) is 15.3. The van der Waals surface area contributed by atoms with Gasteiger partial charge in [0.1, 0.15) is 0 Å². The second-order valence-electron chi connectivity index (χ2n) is 4.05. The molecule has 0 radical (unpaired) electrons. The highest BCUT2D eigenvalue weighted by Gasteiger charge is 2.27. The molecule has 0 atom stereocenters. The molecular weight excluding hydrogens is 331 g/mol. The summed E-state index contributed by atoms with van der Waals surface area (Å²) < 4.78 is 41.2. The highest BCUT2D eigenvalue weighted by Crippen LogP contribution is 2.29. The number of hydrogen-bond donors (Lipinski definition) is 1. The lowest BCUT2D eigenvalue weighted by Gasteiger charge is -2.26. The second-order valence-corrected chi connectivity index (χ2v) is 5.55. The Labute approximate surface area is 128 Å². The van der Waals surface area contributed by atoms with Gasteiger partial charge < -0.3 is 15.0 Å². The zero-order valence-electron chi connectivity index (χ0n) is 10.9. The van der Waals surface area contributed by atoms with Crippen LogP contribution in [-0.2, 0) is 4.74 Å². The Morgan fingerprint density at radius 3 is 2.62 bits per heavy atom. The summed E-state index contributed by atoms with van der Waals surface area (Å²) in [6.45, 7) is 2.46. The minimum atomic E-state index is -4.24. The molecule has 0 aliphatic carbocycles. The molecule has 1 saturated heterocycles. The van der Waals surface area contributed by atoms with Gasteiger partial charge in [0, 0.05) is 25.4 Å². The summed E-state index contributed by atoms with van der Waals surface area (Å²) in [5, 5.41) is 2.71. The molecule has 1 fully saturated rings. The van der Waals surface area contributed by atoms with Crippen LogP contribution < -0.4 is 10.2 Å². The topological polar surface area (TPSA) is 63.2 Å². The van der Waals surface area contributed by atoms with Gasteiger partial charge in [0.05, 0.1) is 13.2 Å². The van der Waals surface area contributed by atoms with Gasteiger partial charge in [-0.25, -0.2) is 0 Å². The van der Waals surface area contributed by atoms with Crippen molar-refractivity contribution in [1.29, 1.82) is 0 Å². The molecule has 11 heteroatoms. The minimum Gasteiger partial charge on any atom is -0.378 e. The number of morpholine rings is 1. The number of rotatable bonds is 5. The van der Waals surface area contributed by atoms with E-state index in [1.54, 1.807) is 0 Å². The van der Waals surface area contributed by atoms with Crippen LogP contribution in [0.15, 0.2) is 0 Å². The molecule has 1 N–H and O–H groups in total. The van der Waals surface area contributed by atoms with Crippen LogP contribution in [0.25, 0.3) is 0 Å². The first kappa shape index (κ1) is 16.4. The largest absolute Gasteiger partial charge is 0.441 e. The number of aromatic nitrogens is 3.